The van der Waals surface area contributed by atoms with Crippen molar-refractivity contribution in [2.24, 2.45) is 11.8 Å². The van der Waals surface area contributed by atoms with Gasteiger partial charge in [0.2, 0.25) is 0 Å². The van der Waals surface area contributed by atoms with Gasteiger partial charge in [-0.2, -0.15) is 0 Å². The Kier molecular flexibility index (Phi) is 5.14. The molecule has 3 heteroatoms. The third-order valence-electron chi connectivity index (χ3n) is 4.59. The number of rotatable bonds is 4. The van der Waals surface area contributed by atoms with Crippen LogP contribution in [-0.2, 0) is 6.42 Å². The molecule has 1 fully saturated rings. The van der Waals surface area contributed by atoms with Crippen LogP contribution in [0.5, 0.6) is 0 Å². The average molecular weight is 281 g/mol. The van der Waals surface area contributed by atoms with Crippen molar-refractivity contribution >= 4 is 0 Å². The first kappa shape index (κ1) is 15.4. The van der Waals surface area contributed by atoms with Crippen molar-refractivity contribution in [3.05, 3.63) is 35.4 Å². The van der Waals surface area contributed by atoms with Crippen LogP contribution in [0.1, 0.15) is 45.6 Å². The van der Waals surface area contributed by atoms with Crippen molar-refractivity contribution in [1.29, 1.82) is 0 Å². The molecule has 1 aliphatic rings. The number of benzene rings is 1. The molecular formula is C17H25F2N. The largest absolute Gasteiger partial charge is 0.311 e. The molecule has 0 bridgehead atoms. The summed E-state index contributed by atoms with van der Waals surface area (Å²) in [5.41, 5.74) is 0.198. The summed E-state index contributed by atoms with van der Waals surface area (Å²) in [6.45, 7) is 6.55. The maximum atomic E-state index is 13.7. The van der Waals surface area contributed by atoms with Crippen LogP contribution < -0.4 is 5.32 Å². The van der Waals surface area contributed by atoms with Gasteiger partial charge in [-0.05, 0) is 50.2 Å². The van der Waals surface area contributed by atoms with Crippen LogP contribution in [-0.4, -0.2) is 12.1 Å². The van der Waals surface area contributed by atoms with Gasteiger partial charge in [-0.25, -0.2) is 8.78 Å². The molecule has 1 nitrogen and oxygen atoms in total. The summed E-state index contributed by atoms with van der Waals surface area (Å²) in [7, 11) is 0. The highest BCUT2D eigenvalue weighted by atomic mass is 19.1. The lowest BCUT2D eigenvalue weighted by atomic mass is 9.78. The zero-order valence-electron chi connectivity index (χ0n) is 12.6. The Morgan fingerprint density at radius 2 is 1.70 bits per heavy atom. The van der Waals surface area contributed by atoms with E-state index in [-0.39, 0.29) is 11.6 Å². The van der Waals surface area contributed by atoms with E-state index in [1.54, 1.807) is 0 Å². The van der Waals surface area contributed by atoms with Gasteiger partial charge >= 0.3 is 0 Å². The second-order valence-electron chi connectivity index (χ2n) is 6.38. The molecule has 1 N–H and O–H groups in total. The van der Waals surface area contributed by atoms with E-state index in [9.17, 15) is 8.78 Å². The molecule has 0 spiro atoms. The summed E-state index contributed by atoms with van der Waals surface area (Å²) >= 11 is 0. The molecule has 0 heterocycles. The number of nitrogens with one attached hydrogen (secondary N) is 1. The third-order valence-corrected chi connectivity index (χ3v) is 4.59. The van der Waals surface area contributed by atoms with Gasteiger partial charge < -0.3 is 5.32 Å². The van der Waals surface area contributed by atoms with Gasteiger partial charge in [0.25, 0.3) is 0 Å². The van der Waals surface area contributed by atoms with Crippen molar-refractivity contribution < 1.29 is 8.78 Å². The summed E-state index contributed by atoms with van der Waals surface area (Å²) in [5.74, 6) is 0.380. The van der Waals surface area contributed by atoms with E-state index in [1.807, 2.05) is 6.92 Å². The molecule has 3 atom stereocenters. The van der Waals surface area contributed by atoms with Gasteiger partial charge in [-0.15, -0.1) is 0 Å². The summed E-state index contributed by atoms with van der Waals surface area (Å²) in [5, 5.41) is 3.59. The first-order chi connectivity index (χ1) is 9.49. The Morgan fingerprint density at radius 3 is 2.25 bits per heavy atom. The Hall–Kier alpha value is -0.960. The fourth-order valence-electron chi connectivity index (χ4n) is 3.43. The summed E-state index contributed by atoms with van der Waals surface area (Å²) in [6.07, 6.45) is 4.16. The minimum absolute atomic E-state index is 0.0781. The van der Waals surface area contributed by atoms with Crippen molar-refractivity contribution in [3.8, 4) is 0 Å². The van der Waals surface area contributed by atoms with Gasteiger partial charge in [-0.3, -0.25) is 0 Å². The Bertz CT molecular complexity index is 416. The van der Waals surface area contributed by atoms with Crippen molar-refractivity contribution in [1.82, 2.24) is 5.32 Å². The zero-order valence-corrected chi connectivity index (χ0v) is 12.6. The predicted octanol–water partition coefficient (Wildman–Crippen LogP) is 4.31. The van der Waals surface area contributed by atoms with Crippen LogP contribution in [0.3, 0.4) is 0 Å². The zero-order chi connectivity index (χ0) is 14.7. The molecule has 0 saturated heterocycles. The molecule has 0 amide bonds. The SMILES string of the molecule is CC(Cc1c(F)cccc1F)NC1C(C)CCCC1C. The molecule has 0 aromatic heterocycles. The van der Waals surface area contributed by atoms with E-state index >= 15 is 0 Å². The van der Waals surface area contributed by atoms with Crippen molar-refractivity contribution in [3.63, 3.8) is 0 Å². The molecule has 112 valence electrons. The van der Waals surface area contributed by atoms with Crippen LogP contribution in [0, 0.1) is 23.5 Å². The van der Waals surface area contributed by atoms with E-state index < -0.39 is 11.6 Å². The third kappa shape index (κ3) is 3.57. The normalized spacial score (nSPS) is 28.4. The van der Waals surface area contributed by atoms with Crippen LogP contribution in [0.25, 0.3) is 0 Å². The minimum Gasteiger partial charge on any atom is -0.311 e. The second kappa shape index (κ2) is 6.66. The van der Waals surface area contributed by atoms with E-state index in [0.29, 0.717) is 24.3 Å². The first-order valence-corrected chi connectivity index (χ1v) is 7.68. The Balaban J connectivity index is 2.00. The fourth-order valence-corrected chi connectivity index (χ4v) is 3.43. The lowest BCUT2D eigenvalue weighted by Gasteiger charge is -2.37. The lowest BCUT2D eigenvalue weighted by Crippen LogP contribution is -2.47. The summed E-state index contributed by atoms with van der Waals surface area (Å²) in [4.78, 5) is 0. The number of halogens is 2. The lowest BCUT2D eigenvalue weighted by molar-refractivity contribution is 0.195. The molecule has 0 radical (unpaired) electrons. The number of hydrogen-bond acceptors (Lipinski definition) is 1. The molecule has 2 rings (SSSR count). The highest BCUT2D eigenvalue weighted by Crippen LogP contribution is 2.29. The monoisotopic (exact) mass is 281 g/mol. The number of hydrogen-bond donors (Lipinski definition) is 1. The maximum Gasteiger partial charge on any atom is 0.129 e. The van der Waals surface area contributed by atoms with E-state index in [4.69, 9.17) is 0 Å². The standard InChI is InChI=1S/C17H25F2N/c1-11-6-4-7-12(2)17(11)20-13(3)10-14-15(18)8-5-9-16(14)19/h5,8-9,11-13,17,20H,4,6-7,10H2,1-3H3. The molecule has 1 aromatic carbocycles. The van der Waals surface area contributed by atoms with Gasteiger partial charge in [0.1, 0.15) is 11.6 Å². The molecule has 1 aromatic rings. The predicted molar refractivity (Wildman–Crippen MR) is 78.6 cm³/mol. The van der Waals surface area contributed by atoms with E-state index in [1.165, 1.54) is 37.5 Å². The molecule has 20 heavy (non-hydrogen) atoms. The van der Waals surface area contributed by atoms with Crippen LogP contribution in [0.4, 0.5) is 8.78 Å². The Morgan fingerprint density at radius 1 is 1.15 bits per heavy atom. The van der Waals surface area contributed by atoms with Crippen LogP contribution >= 0.6 is 0 Å². The van der Waals surface area contributed by atoms with Crippen LogP contribution in [0.15, 0.2) is 18.2 Å². The average Bonchev–Trinajstić information content (AvgIpc) is 2.39. The summed E-state index contributed by atoms with van der Waals surface area (Å²) < 4.78 is 27.3. The smallest absolute Gasteiger partial charge is 0.129 e. The van der Waals surface area contributed by atoms with E-state index in [2.05, 4.69) is 19.2 Å². The molecule has 1 saturated carbocycles. The second-order valence-corrected chi connectivity index (χ2v) is 6.38. The van der Waals surface area contributed by atoms with Crippen molar-refractivity contribution in [2.75, 3.05) is 0 Å². The maximum absolute atomic E-state index is 13.7. The quantitative estimate of drug-likeness (QED) is 0.867. The molecule has 0 aliphatic heterocycles. The van der Waals surface area contributed by atoms with Gasteiger partial charge in [0, 0.05) is 17.6 Å². The van der Waals surface area contributed by atoms with Gasteiger partial charge in [0.05, 0.1) is 0 Å². The van der Waals surface area contributed by atoms with Crippen LogP contribution in [0.2, 0.25) is 0 Å². The molecular weight excluding hydrogens is 256 g/mol. The molecule has 3 unspecified atom stereocenters. The highest BCUT2D eigenvalue weighted by Gasteiger charge is 2.28. The first-order valence-electron chi connectivity index (χ1n) is 7.68. The minimum atomic E-state index is -0.441. The van der Waals surface area contributed by atoms with Crippen molar-refractivity contribution in [2.45, 2.75) is 58.5 Å². The summed E-state index contributed by atoms with van der Waals surface area (Å²) in [6, 6.07) is 4.61. The molecule has 1 aliphatic carbocycles. The highest BCUT2D eigenvalue weighted by molar-refractivity contribution is 5.20. The Labute approximate surface area is 120 Å². The topological polar surface area (TPSA) is 12.0 Å². The van der Waals surface area contributed by atoms with E-state index in [0.717, 1.165) is 0 Å². The fraction of sp³-hybridized carbons (Fsp3) is 0.647. The van der Waals surface area contributed by atoms with Gasteiger partial charge in [-0.1, -0.05) is 26.3 Å². The van der Waals surface area contributed by atoms with Gasteiger partial charge in [0.15, 0.2) is 0 Å².